The number of aryl methyl sites for hydroxylation is 1. The molecule has 5 nitrogen and oxygen atoms in total. The number of aromatic nitrogens is 1. The van der Waals surface area contributed by atoms with Gasteiger partial charge in [-0.15, -0.1) is 0 Å². The van der Waals surface area contributed by atoms with Gasteiger partial charge in [-0.2, -0.15) is 0 Å². The van der Waals surface area contributed by atoms with E-state index in [1.54, 1.807) is 17.2 Å². The second-order valence-corrected chi connectivity index (χ2v) is 8.81. The van der Waals surface area contributed by atoms with E-state index in [2.05, 4.69) is 22.4 Å². The number of nitrogens with one attached hydrogen (secondary N) is 1. The van der Waals surface area contributed by atoms with Crippen LogP contribution in [0.25, 0.3) is 10.9 Å². The lowest BCUT2D eigenvalue weighted by Crippen LogP contribution is -2.49. The van der Waals surface area contributed by atoms with E-state index in [0.29, 0.717) is 13.1 Å². The molecule has 0 spiro atoms. The number of hydrogen-bond donors (Lipinski definition) is 1. The van der Waals surface area contributed by atoms with Gasteiger partial charge in [0.15, 0.2) is 0 Å². The summed E-state index contributed by atoms with van der Waals surface area (Å²) in [5.41, 5.74) is 4.41. The molecule has 6 heteroatoms. The molecule has 0 saturated carbocycles. The highest BCUT2D eigenvalue weighted by Crippen LogP contribution is 2.32. The van der Waals surface area contributed by atoms with Crippen molar-refractivity contribution >= 4 is 22.7 Å². The van der Waals surface area contributed by atoms with Crippen LogP contribution in [0.3, 0.4) is 0 Å². The number of carbonyl (C=O) groups excluding carboxylic acids is 2. The summed E-state index contributed by atoms with van der Waals surface area (Å²) in [6.07, 6.45) is 5.77. The minimum atomic E-state index is -0.510. The van der Waals surface area contributed by atoms with Gasteiger partial charge in [-0.05, 0) is 79.0 Å². The minimum absolute atomic E-state index is 0.00281. The zero-order valence-electron chi connectivity index (χ0n) is 17.9. The average Bonchev–Trinajstić information content (AvgIpc) is 2.83. The van der Waals surface area contributed by atoms with E-state index in [-0.39, 0.29) is 17.8 Å². The van der Waals surface area contributed by atoms with Crippen molar-refractivity contribution < 1.29 is 14.0 Å². The third-order valence-corrected chi connectivity index (χ3v) is 6.84. The molecule has 32 heavy (non-hydrogen) atoms. The first-order valence-electron chi connectivity index (χ1n) is 11.3. The third kappa shape index (κ3) is 4.09. The molecule has 0 unspecified atom stereocenters. The first-order valence-corrected chi connectivity index (χ1v) is 11.3. The monoisotopic (exact) mass is 431 g/mol. The number of fused-ring (bicyclic) bond motifs is 2. The molecule has 0 radical (unpaired) electrons. The van der Waals surface area contributed by atoms with Gasteiger partial charge in [-0.1, -0.05) is 24.3 Å². The number of nitrogens with zero attached hydrogens (tertiary/aromatic N) is 2. The van der Waals surface area contributed by atoms with Crippen LogP contribution in [0.2, 0.25) is 0 Å². The second kappa shape index (κ2) is 8.69. The van der Waals surface area contributed by atoms with Crippen LogP contribution in [0.4, 0.5) is 4.39 Å². The maximum absolute atomic E-state index is 13.8. The SMILES string of the molecule is O=C(N[C@H]1CCc2ccccc2C1)C(=O)N1CCC(c2ccnc3ccc(F)cc23)CC1. The fraction of sp³-hybridized carbons (Fsp3) is 0.346. The van der Waals surface area contributed by atoms with Crippen molar-refractivity contribution in [1.29, 1.82) is 0 Å². The lowest BCUT2D eigenvalue weighted by molar-refractivity contribution is -0.147. The Bertz CT molecular complexity index is 1170. The molecule has 164 valence electrons. The molecule has 2 aromatic carbocycles. The molecule has 0 bridgehead atoms. The minimum Gasteiger partial charge on any atom is -0.345 e. The quantitative estimate of drug-likeness (QED) is 0.629. The Kier molecular flexibility index (Phi) is 5.60. The number of hydrogen-bond acceptors (Lipinski definition) is 3. The summed E-state index contributed by atoms with van der Waals surface area (Å²) in [6, 6.07) is 14.9. The zero-order chi connectivity index (χ0) is 22.1. The number of rotatable bonds is 2. The molecule has 3 aromatic rings. The van der Waals surface area contributed by atoms with Gasteiger partial charge in [-0.25, -0.2) is 4.39 Å². The van der Waals surface area contributed by atoms with Gasteiger partial charge >= 0.3 is 11.8 Å². The predicted molar refractivity (Wildman–Crippen MR) is 121 cm³/mol. The molecule has 2 heterocycles. The molecule has 1 saturated heterocycles. The molecule has 1 atom stereocenters. The van der Waals surface area contributed by atoms with Crippen LogP contribution in [0.15, 0.2) is 54.7 Å². The van der Waals surface area contributed by atoms with Gasteiger partial charge in [0.05, 0.1) is 5.52 Å². The molecular weight excluding hydrogens is 405 g/mol. The molecule has 1 aliphatic heterocycles. The number of benzene rings is 2. The number of carbonyl (C=O) groups is 2. The highest BCUT2D eigenvalue weighted by molar-refractivity contribution is 6.35. The summed E-state index contributed by atoms with van der Waals surface area (Å²) >= 11 is 0. The van der Waals surface area contributed by atoms with Gasteiger partial charge in [0.25, 0.3) is 0 Å². The maximum Gasteiger partial charge on any atom is 0.311 e. The van der Waals surface area contributed by atoms with Crippen LogP contribution >= 0.6 is 0 Å². The molecule has 1 aromatic heterocycles. The molecule has 2 amide bonds. The van der Waals surface area contributed by atoms with Crippen molar-refractivity contribution in [2.45, 2.75) is 44.1 Å². The van der Waals surface area contributed by atoms with Crippen molar-refractivity contribution in [3.8, 4) is 0 Å². The van der Waals surface area contributed by atoms with E-state index >= 15 is 0 Å². The smallest absolute Gasteiger partial charge is 0.311 e. The summed E-state index contributed by atoms with van der Waals surface area (Å²) in [5, 5.41) is 3.78. The van der Waals surface area contributed by atoms with Crippen molar-refractivity contribution in [2.24, 2.45) is 0 Å². The largest absolute Gasteiger partial charge is 0.345 e. The number of pyridine rings is 1. The van der Waals surface area contributed by atoms with Crippen molar-refractivity contribution in [3.05, 3.63) is 77.2 Å². The number of amides is 2. The van der Waals surface area contributed by atoms with Crippen LogP contribution in [0.5, 0.6) is 0 Å². The molecule has 1 aliphatic carbocycles. The van der Waals surface area contributed by atoms with Gasteiger partial charge in [-0.3, -0.25) is 14.6 Å². The van der Waals surface area contributed by atoms with Crippen LogP contribution < -0.4 is 5.32 Å². The van der Waals surface area contributed by atoms with Gasteiger partial charge in [0.1, 0.15) is 5.82 Å². The molecule has 1 N–H and O–H groups in total. The summed E-state index contributed by atoms with van der Waals surface area (Å²) in [5.74, 6) is -1.03. The van der Waals surface area contributed by atoms with Crippen molar-refractivity contribution in [3.63, 3.8) is 0 Å². The molecule has 5 rings (SSSR count). The van der Waals surface area contributed by atoms with E-state index < -0.39 is 11.8 Å². The fourth-order valence-electron chi connectivity index (χ4n) is 5.10. The van der Waals surface area contributed by atoms with Gasteiger partial charge in [0, 0.05) is 30.7 Å². The van der Waals surface area contributed by atoms with Gasteiger partial charge in [0.2, 0.25) is 0 Å². The van der Waals surface area contributed by atoms with Crippen LogP contribution in [0.1, 0.15) is 41.9 Å². The van der Waals surface area contributed by atoms with Crippen LogP contribution in [0, 0.1) is 5.82 Å². The summed E-state index contributed by atoms with van der Waals surface area (Å²) in [7, 11) is 0. The number of piperidine rings is 1. The van der Waals surface area contributed by atoms with E-state index in [0.717, 1.165) is 48.6 Å². The van der Waals surface area contributed by atoms with E-state index in [1.165, 1.54) is 23.3 Å². The fourth-order valence-corrected chi connectivity index (χ4v) is 5.10. The molecule has 1 fully saturated rings. The standard InChI is InChI=1S/C26H26FN3O2/c27-20-6-8-24-23(16-20)22(9-12-28-24)18-10-13-30(14-11-18)26(32)25(31)29-21-7-5-17-3-1-2-4-19(17)15-21/h1-4,6,8-9,12,16,18,21H,5,7,10-11,13-15H2,(H,29,31)/t21-/m0/s1. The predicted octanol–water partition coefficient (Wildman–Crippen LogP) is 3.75. The first kappa shape index (κ1) is 20.6. The molecule has 2 aliphatic rings. The second-order valence-electron chi connectivity index (χ2n) is 8.81. The normalized spacial score (nSPS) is 18.9. The number of halogens is 1. The maximum atomic E-state index is 13.8. The highest BCUT2D eigenvalue weighted by atomic mass is 19.1. The van der Waals surface area contributed by atoms with Crippen LogP contribution in [-0.4, -0.2) is 40.8 Å². The summed E-state index contributed by atoms with van der Waals surface area (Å²) < 4.78 is 13.8. The Balaban J connectivity index is 1.20. The summed E-state index contributed by atoms with van der Waals surface area (Å²) in [6.45, 7) is 1.03. The average molecular weight is 432 g/mol. The Morgan fingerprint density at radius 2 is 1.78 bits per heavy atom. The Morgan fingerprint density at radius 3 is 2.59 bits per heavy atom. The number of likely N-dealkylation sites (tertiary alicyclic amines) is 1. The highest BCUT2D eigenvalue weighted by Gasteiger charge is 2.30. The van der Waals surface area contributed by atoms with E-state index in [4.69, 9.17) is 0 Å². The van der Waals surface area contributed by atoms with Crippen LogP contribution in [-0.2, 0) is 22.4 Å². The van der Waals surface area contributed by atoms with Crippen molar-refractivity contribution in [2.75, 3.05) is 13.1 Å². The third-order valence-electron chi connectivity index (χ3n) is 6.84. The topological polar surface area (TPSA) is 62.3 Å². The molecular formula is C26H26FN3O2. The Hall–Kier alpha value is -3.28. The first-order chi connectivity index (χ1) is 15.6. The Morgan fingerprint density at radius 1 is 1.00 bits per heavy atom. The lowest BCUT2D eigenvalue weighted by Gasteiger charge is -2.33. The van der Waals surface area contributed by atoms with E-state index in [1.807, 2.05) is 18.2 Å². The zero-order valence-corrected chi connectivity index (χ0v) is 17.9. The Labute approximate surface area is 186 Å². The summed E-state index contributed by atoms with van der Waals surface area (Å²) in [4.78, 5) is 31.4. The lowest BCUT2D eigenvalue weighted by atomic mass is 9.87. The van der Waals surface area contributed by atoms with Gasteiger partial charge < -0.3 is 10.2 Å². The van der Waals surface area contributed by atoms with Crippen molar-refractivity contribution in [1.82, 2.24) is 15.2 Å². The van der Waals surface area contributed by atoms with E-state index in [9.17, 15) is 14.0 Å².